The molecule has 1 amide bonds. The van der Waals surface area contributed by atoms with E-state index in [1.54, 1.807) is 21.0 Å². The quantitative estimate of drug-likeness (QED) is 0.327. The Labute approximate surface area is 179 Å². The van der Waals surface area contributed by atoms with Crippen molar-refractivity contribution in [1.29, 1.82) is 0 Å². The van der Waals surface area contributed by atoms with Gasteiger partial charge in [-0.25, -0.2) is 4.79 Å². The van der Waals surface area contributed by atoms with Crippen molar-refractivity contribution in [2.24, 2.45) is 5.41 Å². The highest BCUT2D eigenvalue weighted by atomic mass is 16.5. The number of ether oxygens (including phenoxy) is 2. The van der Waals surface area contributed by atoms with E-state index in [0.717, 1.165) is 37.9 Å². The van der Waals surface area contributed by atoms with E-state index in [9.17, 15) is 14.4 Å². The van der Waals surface area contributed by atoms with Gasteiger partial charge in [-0.3, -0.25) is 9.59 Å². The van der Waals surface area contributed by atoms with Crippen LogP contribution in [0.3, 0.4) is 0 Å². The molecular weight excluding hydrogens is 382 g/mol. The number of piperidine rings is 1. The number of methoxy groups -OCH3 is 1. The minimum absolute atomic E-state index is 0.321. The van der Waals surface area contributed by atoms with Gasteiger partial charge in [-0.15, -0.1) is 0 Å². The van der Waals surface area contributed by atoms with Crippen LogP contribution in [-0.2, 0) is 25.5 Å². The second kappa shape index (κ2) is 11.1. The molecule has 1 aliphatic heterocycles. The summed E-state index contributed by atoms with van der Waals surface area (Å²) in [4.78, 5) is 39.4. The number of unbranched alkanes of at least 4 members (excludes halogenated alkanes) is 1. The number of carbonyl (C=O) groups is 3. The minimum atomic E-state index is -0.718. The van der Waals surface area contributed by atoms with E-state index in [1.807, 2.05) is 31.2 Å². The molecule has 166 valence electrons. The molecule has 6 nitrogen and oxygen atoms in total. The van der Waals surface area contributed by atoms with Gasteiger partial charge in [0.15, 0.2) is 0 Å². The Morgan fingerprint density at radius 2 is 1.80 bits per heavy atom. The van der Waals surface area contributed by atoms with Gasteiger partial charge in [0.2, 0.25) is 5.78 Å². The maximum Gasteiger partial charge on any atom is 0.328 e. The third-order valence-corrected chi connectivity index (χ3v) is 5.99. The van der Waals surface area contributed by atoms with Crippen molar-refractivity contribution in [1.82, 2.24) is 4.90 Å². The lowest BCUT2D eigenvalue weighted by Crippen LogP contribution is -2.53. The predicted molar refractivity (Wildman–Crippen MR) is 115 cm³/mol. The molecule has 1 saturated heterocycles. The molecule has 0 bridgehead atoms. The summed E-state index contributed by atoms with van der Waals surface area (Å²) >= 11 is 0. The van der Waals surface area contributed by atoms with Gasteiger partial charge < -0.3 is 14.4 Å². The monoisotopic (exact) mass is 417 g/mol. The molecule has 0 saturated carbocycles. The summed E-state index contributed by atoms with van der Waals surface area (Å²) in [5.74, 6) is -0.540. The van der Waals surface area contributed by atoms with E-state index in [0.29, 0.717) is 26.0 Å². The first kappa shape index (κ1) is 23.9. The number of hydrogen-bond acceptors (Lipinski definition) is 5. The van der Waals surface area contributed by atoms with Gasteiger partial charge in [0.1, 0.15) is 11.8 Å². The van der Waals surface area contributed by atoms with Gasteiger partial charge in [0.05, 0.1) is 13.7 Å². The van der Waals surface area contributed by atoms with E-state index < -0.39 is 29.1 Å². The zero-order valence-corrected chi connectivity index (χ0v) is 18.7. The van der Waals surface area contributed by atoms with Crippen LogP contribution in [0.25, 0.3) is 0 Å². The van der Waals surface area contributed by atoms with Crippen molar-refractivity contribution >= 4 is 17.7 Å². The van der Waals surface area contributed by atoms with Gasteiger partial charge >= 0.3 is 5.97 Å². The fourth-order valence-corrected chi connectivity index (χ4v) is 3.49. The molecule has 1 aromatic rings. The molecule has 0 spiro atoms. The molecule has 6 heteroatoms. The number of rotatable bonds is 10. The summed E-state index contributed by atoms with van der Waals surface area (Å²) in [5, 5.41) is 0. The van der Waals surface area contributed by atoms with E-state index in [1.165, 1.54) is 10.5 Å². The number of nitrogens with zero attached hydrogens (tertiary/aromatic N) is 1. The van der Waals surface area contributed by atoms with Gasteiger partial charge in [0.25, 0.3) is 5.91 Å². The fourth-order valence-electron chi connectivity index (χ4n) is 3.49. The Morgan fingerprint density at radius 1 is 1.10 bits per heavy atom. The highest BCUT2D eigenvalue weighted by molar-refractivity contribution is 6.38. The van der Waals surface area contributed by atoms with Gasteiger partial charge in [-0.1, -0.05) is 32.9 Å². The fraction of sp³-hybridized carbons (Fsp3) is 0.625. The Hall–Kier alpha value is -2.37. The van der Waals surface area contributed by atoms with E-state index in [2.05, 4.69) is 0 Å². The first-order valence-corrected chi connectivity index (χ1v) is 10.9. The second-order valence-electron chi connectivity index (χ2n) is 8.55. The molecule has 30 heavy (non-hydrogen) atoms. The first-order chi connectivity index (χ1) is 14.3. The number of likely N-dealkylation sites (tertiary alicyclic amines) is 1. The maximum absolute atomic E-state index is 12.8. The minimum Gasteiger partial charge on any atom is -0.497 e. The van der Waals surface area contributed by atoms with Crippen LogP contribution in [-0.4, -0.2) is 48.9 Å². The Morgan fingerprint density at radius 3 is 2.43 bits per heavy atom. The molecule has 0 N–H and O–H groups in total. The van der Waals surface area contributed by atoms with Crippen molar-refractivity contribution in [2.75, 3.05) is 20.3 Å². The van der Waals surface area contributed by atoms with Crippen molar-refractivity contribution < 1.29 is 23.9 Å². The number of carbonyl (C=O) groups excluding carboxylic acids is 3. The molecule has 1 atom stereocenters. The van der Waals surface area contributed by atoms with Crippen molar-refractivity contribution in [3.63, 3.8) is 0 Å². The largest absolute Gasteiger partial charge is 0.497 e. The lowest BCUT2D eigenvalue weighted by molar-refractivity contribution is -0.161. The van der Waals surface area contributed by atoms with Gasteiger partial charge in [-0.05, 0) is 62.6 Å². The zero-order chi connectivity index (χ0) is 22.1. The van der Waals surface area contributed by atoms with Crippen LogP contribution in [0.2, 0.25) is 0 Å². The van der Waals surface area contributed by atoms with Crippen molar-refractivity contribution in [3.05, 3.63) is 29.8 Å². The second-order valence-corrected chi connectivity index (χ2v) is 8.55. The zero-order valence-electron chi connectivity index (χ0n) is 18.7. The summed E-state index contributed by atoms with van der Waals surface area (Å²) in [6.45, 7) is 6.18. The van der Waals surface area contributed by atoms with Crippen LogP contribution < -0.4 is 4.74 Å². The van der Waals surface area contributed by atoms with Crippen LogP contribution in [0, 0.1) is 5.41 Å². The molecular formula is C24H35NO5. The third-order valence-electron chi connectivity index (χ3n) is 5.99. The van der Waals surface area contributed by atoms with Crippen molar-refractivity contribution in [2.45, 2.75) is 71.8 Å². The molecule has 1 aliphatic rings. The average molecular weight is 418 g/mol. The molecule has 0 unspecified atom stereocenters. The standard InChI is InChI=1S/C24H35NO5/c1-5-24(2,3)21(26)22(27)25-16-8-6-11-20(25)23(28)30-17-9-7-10-18-12-14-19(29-4)15-13-18/h12-15,20H,5-11,16-17H2,1-4H3/t20-/m0/s1. The maximum atomic E-state index is 12.8. The number of ketones is 1. The van der Waals surface area contributed by atoms with E-state index >= 15 is 0 Å². The van der Waals surface area contributed by atoms with Crippen LogP contribution in [0.15, 0.2) is 24.3 Å². The van der Waals surface area contributed by atoms with Gasteiger partial charge in [0, 0.05) is 12.0 Å². The Kier molecular flexibility index (Phi) is 8.88. The first-order valence-electron chi connectivity index (χ1n) is 10.9. The highest BCUT2D eigenvalue weighted by Gasteiger charge is 2.40. The van der Waals surface area contributed by atoms with Crippen LogP contribution >= 0.6 is 0 Å². The Balaban J connectivity index is 1.82. The number of amides is 1. The molecule has 2 rings (SSSR count). The highest BCUT2D eigenvalue weighted by Crippen LogP contribution is 2.25. The van der Waals surface area contributed by atoms with Crippen LogP contribution in [0.4, 0.5) is 0 Å². The van der Waals surface area contributed by atoms with Crippen molar-refractivity contribution in [3.8, 4) is 5.75 Å². The van der Waals surface area contributed by atoms with E-state index in [-0.39, 0.29) is 0 Å². The number of hydrogen-bond donors (Lipinski definition) is 0. The Bertz CT molecular complexity index is 726. The van der Waals surface area contributed by atoms with E-state index in [4.69, 9.17) is 9.47 Å². The molecule has 1 heterocycles. The summed E-state index contributed by atoms with van der Waals surface area (Å²) < 4.78 is 10.6. The summed E-state index contributed by atoms with van der Waals surface area (Å²) in [6.07, 6.45) is 5.33. The topological polar surface area (TPSA) is 72.9 Å². The number of esters is 1. The lowest BCUT2D eigenvalue weighted by atomic mass is 9.84. The average Bonchev–Trinajstić information content (AvgIpc) is 2.78. The van der Waals surface area contributed by atoms with Crippen LogP contribution in [0.1, 0.15) is 64.9 Å². The molecule has 0 aliphatic carbocycles. The van der Waals surface area contributed by atoms with Crippen LogP contribution in [0.5, 0.6) is 5.75 Å². The summed E-state index contributed by atoms with van der Waals surface area (Å²) in [6, 6.07) is 7.29. The smallest absolute Gasteiger partial charge is 0.328 e. The number of aryl methyl sites for hydroxylation is 1. The number of benzene rings is 1. The van der Waals surface area contributed by atoms with Gasteiger partial charge in [-0.2, -0.15) is 0 Å². The molecule has 1 aromatic carbocycles. The summed E-state index contributed by atoms with van der Waals surface area (Å²) in [7, 11) is 1.64. The molecule has 1 fully saturated rings. The summed E-state index contributed by atoms with van der Waals surface area (Å²) in [5.41, 5.74) is 0.494. The lowest BCUT2D eigenvalue weighted by Gasteiger charge is -2.35. The third kappa shape index (κ3) is 6.31. The molecule has 0 aromatic heterocycles. The molecule has 0 radical (unpaired) electrons. The SMILES string of the molecule is CCC(C)(C)C(=O)C(=O)N1CCCC[C@H]1C(=O)OCCCCc1ccc(OC)cc1. The number of Topliss-reactive ketones (excluding diaryl/α,β-unsaturated/α-hetero) is 1. The predicted octanol–water partition coefficient (Wildman–Crippen LogP) is 3.95. The normalized spacial score (nSPS) is 16.8.